The molecule has 0 radical (unpaired) electrons. The summed E-state index contributed by atoms with van der Waals surface area (Å²) in [6, 6.07) is 18.3. The molecule has 0 aliphatic rings. The van der Waals surface area contributed by atoms with Crippen LogP contribution in [0, 0.1) is 6.92 Å². The third kappa shape index (κ3) is 5.12. The van der Waals surface area contributed by atoms with Gasteiger partial charge < -0.3 is 10.6 Å². The molecule has 5 nitrogen and oxygen atoms in total. The van der Waals surface area contributed by atoms with E-state index in [4.69, 9.17) is 0 Å². The zero-order valence-electron chi connectivity index (χ0n) is 14.8. The second-order valence-electron chi connectivity index (χ2n) is 5.98. The number of rotatable bonds is 5. The van der Waals surface area contributed by atoms with Gasteiger partial charge in [0.25, 0.3) is 5.91 Å². The monoisotopic (exact) mass is 357 g/mol. The first kappa shape index (κ1) is 18.1. The second-order valence-corrected chi connectivity index (χ2v) is 5.98. The third-order valence-electron chi connectivity index (χ3n) is 3.83. The predicted octanol–water partition coefficient (Wildman–Crippen LogP) is 4.29. The molecule has 0 spiro atoms. The number of anilines is 2. The van der Waals surface area contributed by atoms with Gasteiger partial charge in [-0.2, -0.15) is 0 Å². The van der Waals surface area contributed by atoms with E-state index in [0.29, 0.717) is 16.9 Å². The molecule has 2 N–H and O–H groups in total. The minimum atomic E-state index is -0.292. The summed E-state index contributed by atoms with van der Waals surface area (Å²) in [6.07, 6.45) is 6.31. The Hall–Kier alpha value is -3.73. The zero-order chi connectivity index (χ0) is 19.1. The van der Waals surface area contributed by atoms with E-state index in [1.807, 2.05) is 31.2 Å². The van der Waals surface area contributed by atoms with Crippen molar-refractivity contribution in [3.8, 4) is 0 Å². The van der Waals surface area contributed by atoms with E-state index in [1.165, 1.54) is 12.3 Å². The van der Waals surface area contributed by atoms with Gasteiger partial charge in [-0.25, -0.2) is 0 Å². The topological polar surface area (TPSA) is 71.1 Å². The number of aromatic nitrogens is 1. The summed E-state index contributed by atoms with van der Waals surface area (Å²) in [5, 5.41) is 5.59. The van der Waals surface area contributed by atoms with Gasteiger partial charge in [0.2, 0.25) is 5.91 Å². The summed E-state index contributed by atoms with van der Waals surface area (Å²) in [7, 11) is 0. The van der Waals surface area contributed by atoms with Crippen molar-refractivity contribution in [1.82, 2.24) is 4.98 Å². The predicted molar refractivity (Wildman–Crippen MR) is 107 cm³/mol. The van der Waals surface area contributed by atoms with Crippen LogP contribution >= 0.6 is 0 Å². The molecular weight excluding hydrogens is 338 g/mol. The minimum Gasteiger partial charge on any atom is -0.321 e. The van der Waals surface area contributed by atoms with Gasteiger partial charge in [0.05, 0.1) is 16.9 Å². The van der Waals surface area contributed by atoms with Gasteiger partial charge in [-0.1, -0.05) is 42.0 Å². The van der Waals surface area contributed by atoms with Crippen molar-refractivity contribution < 1.29 is 9.59 Å². The van der Waals surface area contributed by atoms with Crippen LogP contribution in [0.3, 0.4) is 0 Å². The maximum atomic E-state index is 12.3. The smallest absolute Gasteiger partial charge is 0.257 e. The number of benzene rings is 2. The summed E-state index contributed by atoms with van der Waals surface area (Å²) >= 11 is 0. The zero-order valence-corrected chi connectivity index (χ0v) is 14.8. The van der Waals surface area contributed by atoms with E-state index in [1.54, 1.807) is 48.7 Å². The van der Waals surface area contributed by atoms with Gasteiger partial charge >= 0.3 is 0 Å². The highest BCUT2D eigenvalue weighted by Gasteiger charge is 2.10. The lowest BCUT2D eigenvalue weighted by molar-refractivity contribution is -0.111. The molecule has 0 atom stereocenters. The third-order valence-corrected chi connectivity index (χ3v) is 3.83. The first-order chi connectivity index (χ1) is 13.1. The van der Waals surface area contributed by atoms with Crippen LogP contribution in [0.25, 0.3) is 6.08 Å². The van der Waals surface area contributed by atoms with Crippen LogP contribution in [0.5, 0.6) is 0 Å². The molecule has 5 heteroatoms. The lowest BCUT2D eigenvalue weighted by Crippen LogP contribution is -2.15. The Labute approximate surface area is 157 Å². The molecule has 2 amide bonds. The largest absolute Gasteiger partial charge is 0.321 e. The lowest BCUT2D eigenvalue weighted by atomic mass is 10.1. The standard InChI is InChI=1S/C22H19N3O2/c1-16-6-4-7-17(14-16)11-12-21(26)24-19-9-2-3-10-20(19)25-22(27)18-8-5-13-23-15-18/h2-15H,1H3,(H,24,26)(H,25,27)/b12-11+. The number of pyridine rings is 1. The van der Waals surface area contributed by atoms with E-state index >= 15 is 0 Å². The van der Waals surface area contributed by atoms with Gasteiger partial charge in [0.15, 0.2) is 0 Å². The normalized spacial score (nSPS) is 10.6. The molecular formula is C22H19N3O2. The van der Waals surface area contributed by atoms with Crippen LogP contribution in [0.1, 0.15) is 21.5 Å². The highest BCUT2D eigenvalue weighted by molar-refractivity contribution is 6.08. The Kier molecular flexibility index (Phi) is 5.74. The molecule has 1 heterocycles. The number of aryl methyl sites for hydroxylation is 1. The van der Waals surface area contributed by atoms with Gasteiger partial charge in [-0.05, 0) is 42.8 Å². The summed E-state index contributed by atoms with van der Waals surface area (Å²) in [4.78, 5) is 28.5. The molecule has 0 fully saturated rings. The molecule has 0 aliphatic heterocycles. The summed E-state index contributed by atoms with van der Waals surface area (Å²) in [5.41, 5.74) is 3.56. The fraction of sp³-hybridized carbons (Fsp3) is 0.0455. The number of hydrogen-bond donors (Lipinski definition) is 2. The number of para-hydroxylation sites is 2. The average molecular weight is 357 g/mol. The van der Waals surface area contributed by atoms with Crippen molar-refractivity contribution in [2.24, 2.45) is 0 Å². The molecule has 2 aromatic carbocycles. The van der Waals surface area contributed by atoms with E-state index in [0.717, 1.165) is 11.1 Å². The molecule has 0 saturated heterocycles. The number of nitrogens with zero attached hydrogens (tertiary/aromatic N) is 1. The van der Waals surface area contributed by atoms with Crippen LogP contribution in [-0.4, -0.2) is 16.8 Å². The number of hydrogen-bond acceptors (Lipinski definition) is 3. The minimum absolute atomic E-state index is 0.278. The molecule has 3 aromatic rings. The number of amides is 2. The molecule has 134 valence electrons. The van der Waals surface area contributed by atoms with Gasteiger partial charge in [0.1, 0.15) is 0 Å². The fourth-order valence-corrected chi connectivity index (χ4v) is 2.51. The second kappa shape index (κ2) is 8.58. The molecule has 3 rings (SSSR count). The Morgan fingerprint density at radius 2 is 1.70 bits per heavy atom. The first-order valence-electron chi connectivity index (χ1n) is 8.48. The SMILES string of the molecule is Cc1cccc(/C=C/C(=O)Nc2ccccc2NC(=O)c2cccnc2)c1. The lowest BCUT2D eigenvalue weighted by Gasteiger charge is -2.11. The Bertz CT molecular complexity index is 982. The highest BCUT2D eigenvalue weighted by Crippen LogP contribution is 2.21. The quantitative estimate of drug-likeness (QED) is 0.669. The fourth-order valence-electron chi connectivity index (χ4n) is 2.51. The Morgan fingerprint density at radius 3 is 2.41 bits per heavy atom. The number of carbonyl (C=O) groups excluding carboxylic acids is 2. The van der Waals surface area contributed by atoms with E-state index in [2.05, 4.69) is 15.6 Å². The van der Waals surface area contributed by atoms with E-state index in [-0.39, 0.29) is 11.8 Å². The van der Waals surface area contributed by atoms with Crippen LogP contribution in [0.15, 0.2) is 79.1 Å². The number of nitrogens with one attached hydrogen (secondary N) is 2. The Balaban J connectivity index is 1.70. The maximum absolute atomic E-state index is 12.3. The summed E-state index contributed by atoms with van der Waals surface area (Å²) in [5.74, 6) is -0.570. The van der Waals surface area contributed by atoms with Crippen molar-refractivity contribution in [3.05, 3.63) is 95.8 Å². The van der Waals surface area contributed by atoms with Gasteiger partial charge in [0, 0.05) is 18.5 Å². The van der Waals surface area contributed by atoms with Crippen molar-refractivity contribution in [2.45, 2.75) is 6.92 Å². The molecule has 0 unspecified atom stereocenters. The van der Waals surface area contributed by atoms with Gasteiger partial charge in [-0.15, -0.1) is 0 Å². The number of carbonyl (C=O) groups is 2. The molecule has 0 bridgehead atoms. The van der Waals surface area contributed by atoms with Crippen LogP contribution < -0.4 is 10.6 Å². The molecule has 0 saturated carbocycles. The first-order valence-corrected chi connectivity index (χ1v) is 8.48. The van der Waals surface area contributed by atoms with Crippen molar-refractivity contribution in [2.75, 3.05) is 10.6 Å². The van der Waals surface area contributed by atoms with Crippen molar-refractivity contribution in [3.63, 3.8) is 0 Å². The van der Waals surface area contributed by atoms with Crippen LogP contribution in [-0.2, 0) is 4.79 Å². The maximum Gasteiger partial charge on any atom is 0.257 e. The van der Waals surface area contributed by atoms with Crippen LogP contribution in [0.2, 0.25) is 0 Å². The van der Waals surface area contributed by atoms with E-state index < -0.39 is 0 Å². The Morgan fingerprint density at radius 1 is 0.926 bits per heavy atom. The molecule has 0 aliphatic carbocycles. The van der Waals surface area contributed by atoms with Crippen molar-refractivity contribution in [1.29, 1.82) is 0 Å². The van der Waals surface area contributed by atoms with E-state index in [9.17, 15) is 9.59 Å². The molecule has 27 heavy (non-hydrogen) atoms. The van der Waals surface area contributed by atoms with Crippen LogP contribution in [0.4, 0.5) is 11.4 Å². The highest BCUT2D eigenvalue weighted by atomic mass is 16.2. The molecule has 1 aromatic heterocycles. The summed E-state index contributed by atoms with van der Waals surface area (Å²) < 4.78 is 0. The van der Waals surface area contributed by atoms with Gasteiger partial charge in [-0.3, -0.25) is 14.6 Å². The summed E-state index contributed by atoms with van der Waals surface area (Å²) in [6.45, 7) is 2.00. The average Bonchev–Trinajstić information content (AvgIpc) is 2.69. The van der Waals surface area contributed by atoms with Crippen molar-refractivity contribution >= 4 is 29.3 Å².